The minimum atomic E-state index is -0.177. The summed E-state index contributed by atoms with van der Waals surface area (Å²) < 4.78 is 10.5. The van der Waals surface area contributed by atoms with E-state index in [1.165, 1.54) is 0 Å². The molecule has 7 nitrogen and oxygen atoms in total. The Morgan fingerprint density at radius 3 is 2.55 bits per heavy atom. The molecule has 2 atom stereocenters. The van der Waals surface area contributed by atoms with Crippen LogP contribution in [-0.2, 0) is 14.3 Å². The molecule has 4 rings (SSSR count). The van der Waals surface area contributed by atoms with Crippen LogP contribution in [-0.4, -0.2) is 60.8 Å². The number of esters is 1. The Balaban J connectivity index is 1.52. The average molecular weight is 450 g/mol. The van der Waals surface area contributed by atoms with Gasteiger partial charge in [-0.1, -0.05) is 42.5 Å². The van der Waals surface area contributed by atoms with Crippen LogP contribution >= 0.6 is 0 Å². The van der Waals surface area contributed by atoms with Gasteiger partial charge in [-0.25, -0.2) is 5.01 Å². The van der Waals surface area contributed by atoms with Crippen LogP contribution in [0.3, 0.4) is 0 Å². The SMILES string of the molecule is CCOC(=O)[C@@H]1CCCN(CC(=O)N2N=C(c3ccccc3)C[C@H]2c2ccc(OC)cc2)C1. The van der Waals surface area contributed by atoms with E-state index in [0.717, 1.165) is 42.0 Å². The van der Waals surface area contributed by atoms with Crippen molar-refractivity contribution >= 4 is 17.6 Å². The first-order valence-electron chi connectivity index (χ1n) is 11.6. The fourth-order valence-corrected chi connectivity index (χ4v) is 4.55. The van der Waals surface area contributed by atoms with Gasteiger partial charge in [0.1, 0.15) is 5.75 Å². The molecule has 0 radical (unpaired) electrons. The normalized spacial score (nSPS) is 20.9. The van der Waals surface area contributed by atoms with Crippen molar-refractivity contribution in [3.05, 3.63) is 65.7 Å². The number of carbonyl (C=O) groups is 2. The summed E-state index contributed by atoms with van der Waals surface area (Å²) in [5.41, 5.74) is 2.93. The molecule has 0 spiro atoms. The van der Waals surface area contributed by atoms with Gasteiger partial charge in [0.15, 0.2) is 0 Å². The number of hydrogen-bond donors (Lipinski definition) is 0. The monoisotopic (exact) mass is 449 g/mol. The summed E-state index contributed by atoms with van der Waals surface area (Å²) >= 11 is 0. The van der Waals surface area contributed by atoms with Gasteiger partial charge in [-0.05, 0) is 49.6 Å². The Hall–Kier alpha value is -3.19. The minimum absolute atomic E-state index is 0.0636. The zero-order valence-electron chi connectivity index (χ0n) is 19.3. The van der Waals surface area contributed by atoms with Gasteiger partial charge < -0.3 is 9.47 Å². The third-order valence-electron chi connectivity index (χ3n) is 6.26. The first-order valence-corrected chi connectivity index (χ1v) is 11.6. The van der Waals surface area contributed by atoms with Gasteiger partial charge in [0, 0.05) is 13.0 Å². The zero-order valence-corrected chi connectivity index (χ0v) is 19.3. The Labute approximate surface area is 195 Å². The molecule has 174 valence electrons. The van der Waals surface area contributed by atoms with E-state index in [4.69, 9.17) is 14.6 Å². The van der Waals surface area contributed by atoms with Crippen LogP contribution in [0, 0.1) is 5.92 Å². The number of likely N-dealkylation sites (tertiary alicyclic amines) is 1. The average Bonchev–Trinajstić information content (AvgIpc) is 3.31. The molecule has 2 aliphatic rings. The number of nitrogens with zero attached hydrogens (tertiary/aromatic N) is 3. The molecule has 0 aromatic heterocycles. The molecule has 0 aliphatic carbocycles. The summed E-state index contributed by atoms with van der Waals surface area (Å²) in [7, 11) is 1.64. The second-order valence-corrected chi connectivity index (χ2v) is 8.47. The van der Waals surface area contributed by atoms with Crippen LogP contribution in [0.25, 0.3) is 0 Å². The number of rotatable bonds is 7. The van der Waals surface area contributed by atoms with E-state index in [-0.39, 0.29) is 30.4 Å². The van der Waals surface area contributed by atoms with Gasteiger partial charge >= 0.3 is 5.97 Å². The Kier molecular flexibility index (Phi) is 7.40. The molecule has 1 fully saturated rings. The molecule has 0 saturated carbocycles. The van der Waals surface area contributed by atoms with Crippen LogP contribution in [0.1, 0.15) is 43.4 Å². The highest BCUT2D eigenvalue weighted by Crippen LogP contribution is 2.34. The Bertz CT molecular complexity index is 990. The minimum Gasteiger partial charge on any atom is -0.497 e. The molecule has 2 aromatic rings. The summed E-state index contributed by atoms with van der Waals surface area (Å²) in [5.74, 6) is 0.366. The molecule has 7 heteroatoms. The van der Waals surface area contributed by atoms with Crippen molar-refractivity contribution < 1.29 is 19.1 Å². The van der Waals surface area contributed by atoms with Crippen molar-refractivity contribution in [1.29, 1.82) is 0 Å². The number of carbonyl (C=O) groups excluding carboxylic acids is 2. The number of benzene rings is 2. The van der Waals surface area contributed by atoms with E-state index >= 15 is 0 Å². The quantitative estimate of drug-likeness (QED) is 0.604. The molecule has 1 saturated heterocycles. The van der Waals surface area contributed by atoms with E-state index in [1.54, 1.807) is 12.1 Å². The van der Waals surface area contributed by atoms with Crippen LogP contribution in [0.4, 0.5) is 0 Å². The first kappa shape index (κ1) is 23.0. The van der Waals surface area contributed by atoms with Gasteiger partial charge in [-0.15, -0.1) is 0 Å². The van der Waals surface area contributed by atoms with Gasteiger partial charge in [-0.3, -0.25) is 14.5 Å². The molecule has 33 heavy (non-hydrogen) atoms. The molecule has 0 bridgehead atoms. The maximum Gasteiger partial charge on any atom is 0.310 e. The summed E-state index contributed by atoms with van der Waals surface area (Å²) in [4.78, 5) is 27.7. The lowest BCUT2D eigenvalue weighted by Crippen LogP contribution is -2.44. The summed E-state index contributed by atoms with van der Waals surface area (Å²) in [6.07, 6.45) is 2.32. The molecule has 0 N–H and O–H groups in total. The number of hydrogen-bond acceptors (Lipinski definition) is 6. The van der Waals surface area contributed by atoms with E-state index in [0.29, 0.717) is 19.6 Å². The van der Waals surface area contributed by atoms with Gasteiger partial charge in [0.2, 0.25) is 0 Å². The van der Waals surface area contributed by atoms with Crippen molar-refractivity contribution in [3.63, 3.8) is 0 Å². The zero-order chi connectivity index (χ0) is 23.2. The highest BCUT2D eigenvalue weighted by Gasteiger charge is 2.35. The fraction of sp³-hybridized carbons (Fsp3) is 0.423. The smallest absolute Gasteiger partial charge is 0.310 e. The molecule has 2 heterocycles. The fourth-order valence-electron chi connectivity index (χ4n) is 4.55. The standard InChI is InChI=1S/C26H31N3O4/c1-3-33-26(31)21-10-7-15-28(17-21)18-25(30)29-24(20-11-13-22(32-2)14-12-20)16-23(27-29)19-8-5-4-6-9-19/h4-6,8-9,11-14,21,24H,3,7,10,15-18H2,1-2H3/t21-,24+/m1/s1. The number of amides is 1. The maximum atomic E-state index is 13.4. The molecular weight excluding hydrogens is 418 g/mol. The third kappa shape index (κ3) is 5.42. The highest BCUT2D eigenvalue weighted by molar-refractivity contribution is 6.03. The van der Waals surface area contributed by atoms with Crippen LogP contribution in [0.5, 0.6) is 5.75 Å². The number of methoxy groups -OCH3 is 1. The summed E-state index contributed by atoms with van der Waals surface area (Å²) in [6.45, 7) is 3.76. The van der Waals surface area contributed by atoms with Crippen molar-refractivity contribution in [2.45, 2.75) is 32.2 Å². The summed E-state index contributed by atoms with van der Waals surface area (Å²) in [6, 6.07) is 17.6. The summed E-state index contributed by atoms with van der Waals surface area (Å²) in [5, 5.41) is 6.38. The van der Waals surface area contributed by atoms with Crippen LogP contribution < -0.4 is 4.74 Å². The van der Waals surface area contributed by atoms with Gasteiger partial charge in [0.25, 0.3) is 5.91 Å². The lowest BCUT2D eigenvalue weighted by atomic mass is 9.97. The maximum absolute atomic E-state index is 13.4. The Morgan fingerprint density at radius 2 is 1.85 bits per heavy atom. The van der Waals surface area contributed by atoms with Crippen molar-refractivity contribution in [2.75, 3.05) is 33.4 Å². The topological polar surface area (TPSA) is 71.4 Å². The van der Waals surface area contributed by atoms with Gasteiger partial charge in [0.05, 0.1) is 37.9 Å². The van der Waals surface area contributed by atoms with E-state index in [2.05, 4.69) is 4.90 Å². The van der Waals surface area contributed by atoms with Crippen molar-refractivity contribution in [1.82, 2.24) is 9.91 Å². The van der Waals surface area contributed by atoms with Crippen LogP contribution in [0.2, 0.25) is 0 Å². The van der Waals surface area contributed by atoms with E-state index < -0.39 is 0 Å². The van der Waals surface area contributed by atoms with Gasteiger partial charge in [-0.2, -0.15) is 5.10 Å². The largest absolute Gasteiger partial charge is 0.497 e. The second kappa shape index (κ2) is 10.6. The third-order valence-corrected chi connectivity index (χ3v) is 6.26. The van der Waals surface area contributed by atoms with E-state index in [9.17, 15) is 9.59 Å². The molecular formula is C26H31N3O4. The number of piperidine rings is 1. The predicted octanol–water partition coefficient (Wildman–Crippen LogP) is 3.65. The number of hydrazone groups is 1. The van der Waals surface area contributed by atoms with Crippen molar-refractivity contribution in [2.24, 2.45) is 11.0 Å². The predicted molar refractivity (Wildman–Crippen MR) is 126 cm³/mol. The highest BCUT2D eigenvalue weighted by atomic mass is 16.5. The molecule has 0 unspecified atom stereocenters. The lowest BCUT2D eigenvalue weighted by Gasteiger charge is -2.32. The first-order chi connectivity index (χ1) is 16.1. The van der Waals surface area contributed by atoms with E-state index in [1.807, 2.05) is 61.5 Å². The molecule has 2 aliphatic heterocycles. The number of ether oxygens (including phenoxy) is 2. The van der Waals surface area contributed by atoms with Crippen LogP contribution in [0.15, 0.2) is 59.7 Å². The van der Waals surface area contributed by atoms with Crippen molar-refractivity contribution in [3.8, 4) is 5.75 Å². The second-order valence-electron chi connectivity index (χ2n) is 8.47. The molecule has 2 aromatic carbocycles. The molecule has 1 amide bonds. The lowest BCUT2D eigenvalue weighted by molar-refractivity contribution is -0.150. The Morgan fingerprint density at radius 1 is 1.09 bits per heavy atom.